The number of aryl methyl sites for hydroxylation is 1. The number of carbonyl (C=O) groups is 12. The number of aromatic nitrogens is 2. The highest BCUT2D eigenvalue weighted by atomic mass is 16.5. The zero-order valence-corrected chi connectivity index (χ0v) is 53.5. The molecule has 8 amide bonds. The second kappa shape index (κ2) is 29.9. The minimum atomic E-state index is -2.11. The molecule has 2 aromatic carbocycles. The van der Waals surface area contributed by atoms with Crippen molar-refractivity contribution < 1.29 is 92.2 Å². The van der Waals surface area contributed by atoms with Crippen molar-refractivity contribution in [3.63, 3.8) is 0 Å². The molecule has 31 heteroatoms. The maximum atomic E-state index is 14.8. The van der Waals surface area contributed by atoms with E-state index < -0.39 is 193 Å². The number of likely N-dealkylation sites (N-methyl/N-ethyl adjacent to an activating group) is 4. The molecule has 93 heavy (non-hydrogen) atoms. The summed E-state index contributed by atoms with van der Waals surface area (Å²) in [7, 11) is 6.12. The Morgan fingerprint density at radius 2 is 1.17 bits per heavy atom. The van der Waals surface area contributed by atoms with Crippen molar-refractivity contribution in [3.05, 3.63) is 65.5 Å². The number of carbonyl (C=O) groups excluding carboxylic acids is 12. The van der Waals surface area contributed by atoms with Crippen molar-refractivity contribution in [1.29, 1.82) is 0 Å². The van der Waals surface area contributed by atoms with Gasteiger partial charge in [0.25, 0.3) is 11.8 Å². The van der Waals surface area contributed by atoms with Crippen LogP contribution in [0.25, 0.3) is 21.8 Å². The zero-order valence-electron chi connectivity index (χ0n) is 53.5. The summed E-state index contributed by atoms with van der Waals surface area (Å²) in [6, 6.07) is 3.89. The molecule has 3 saturated heterocycles. The fourth-order valence-electron chi connectivity index (χ4n) is 11.2. The molecule has 7 rings (SSSR count). The number of methoxy groups -OCH3 is 1. The lowest BCUT2D eigenvalue weighted by atomic mass is 9.95. The highest BCUT2D eigenvalue weighted by Crippen LogP contribution is 2.30. The van der Waals surface area contributed by atoms with Crippen molar-refractivity contribution in [3.8, 4) is 17.2 Å². The van der Waals surface area contributed by atoms with Gasteiger partial charge in [0.15, 0.2) is 29.3 Å². The fourth-order valence-corrected chi connectivity index (χ4v) is 11.2. The number of ether oxygens (including phenoxy) is 3. The van der Waals surface area contributed by atoms with Crippen LogP contribution in [-0.2, 0) is 57.4 Å². The van der Waals surface area contributed by atoms with Crippen molar-refractivity contribution in [2.45, 2.75) is 121 Å². The predicted octanol–water partition coefficient (Wildman–Crippen LogP) is -0.832. The Balaban J connectivity index is 1.20. The summed E-state index contributed by atoms with van der Waals surface area (Å²) in [6.07, 6.45) is -1.12. The maximum Gasteiger partial charge on any atom is 0.331 e. The van der Waals surface area contributed by atoms with Crippen LogP contribution in [0.4, 0.5) is 0 Å². The highest BCUT2D eigenvalue weighted by molar-refractivity contribution is 6.03. The third kappa shape index (κ3) is 17.2. The van der Waals surface area contributed by atoms with Crippen molar-refractivity contribution in [2.24, 2.45) is 5.92 Å². The molecule has 31 nitrogen and oxygen atoms in total. The lowest BCUT2D eigenvalue weighted by Gasteiger charge is -2.38. The smallest absolute Gasteiger partial charge is 0.331 e. The first-order valence-electron chi connectivity index (χ1n) is 30.0. The summed E-state index contributed by atoms with van der Waals surface area (Å²) >= 11 is 0. The van der Waals surface area contributed by atoms with Crippen molar-refractivity contribution in [1.82, 2.24) is 61.1 Å². The first kappa shape index (κ1) is 71.0. The Bertz CT molecular complexity index is 3590. The largest absolute Gasteiger partial charge is 0.506 e. The Morgan fingerprint density at radius 3 is 1.75 bits per heavy atom. The van der Waals surface area contributed by atoms with Crippen molar-refractivity contribution >= 4 is 92.6 Å². The van der Waals surface area contributed by atoms with Crippen LogP contribution >= 0.6 is 0 Å². The van der Waals surface area contributed by atoms with Gasteiger partial charge in [0.2, 0.25) is 35.4 Å². The number of esters is 2. The molecule has 0 bridgehead atoms. The number of fused-ring (bicyclic) bond motifs is 4. The van der Waals surface area contributed by atoms with Crippen LogP contribution in [0.2, 0.25) is 0 Å². The lowest BCUT2D eigenvalue weighted by molar-refractivity contribution is -0.167. The van der Waals surface area contributed by atoms with Crippen LogP contribution in [0.1, 0.15) is 99.2 Å². The average molecular weight is 1300 g/mol. The van der Waals surface area contributed by atoms with Gasteiger partial charge in [0.1, 0.15) is 54.3 Å². The molecule has 3 aliphatic heterocycles. The second-order valence-corrected chi connectivity index (χ2v) is 24.4. The number of cyclic esters (lactones) is 2. The SMILES string of the molecule is COc1ccc2nc(C(=O)N[C@@H]3COC(=O)[C@H](C(C)(C)O)N(C)C(=O)CN(C)C(=O)CCC(=O)[C@@H]4CCCNN4C(=O)[C@H](CC(=O)c4nc5ccc(C)cc5cc4O)COC(=O)[C@H](C(C)(C)O)N(C)C(=O)CN(C)C(=O)CNC(=O)[C@@H]4CCCNN4C3=O)c(O)cc2c1. The van der Waals surface area contributed by atoms with E-state index in [1.807, 2.05) is 6.92 Å². The van der Waals surface area contributed by atoms with Gasteiger partial charge in [-0.1, -0.05) is 11.6 Å². The minimum absolute atomic E-state index is 0.0317. The minimum Gasteiger partial charge on any atom is -0.506 e. The van der Waals surface area contributed by atoms with Crippen LogP contribution in [0.3, 0.4) is 0 Å². The second-order valence-electron chi connectivity index (χ2n) is 24.4. The summed E-state index contributed by atoms with van der Waals surface area (Å²) in [4.78, 5) is 182. The van der Waals surface area contributed by atoms with Crippen LogP contribution in [-0.4, -0.2) is 253 Å². The summed E-state index contributed by atoms with van der Waals surface area (Å²) in [5.41, 5.74) is 1.86. The van der Waals surface area contributed by atoms with Gasteiger partial charge in [-0.25, -0.2) is 30.4 Å². The zero-order chi connectivity index (χ0) is 68.6. The quantitative estimate of drug-likeness (QED) is 0.0788. The third-order valence-electron chi connectivity index (χ3n) is 16.2. The highest BCUT2D eigenvalue weighted by Gasteiger charge is 2.45. The molecule has 2 aromatic heterocycles. The van der Waals surface area contributed by atoms with E-state index in [1.54, 1.807) is 30.3 Å². The maximum absolute atomic E-state index is 14.8. The number of aliphatic hydroxyl groups is 2. The third-order valence-corrected chi connectivity index (χ3v) is 16.2. The number of hydrogen-bond donors (Lipinski definition) is 8. The van der Waals surface area contributed by atoms with Gasteiger partial charge in [-0.2, -0.15) is 0 Å². The molecule has 0 aliphatic carbocycles. The van der Waals surface area contributed by atoms with E-state index in [4.69, 9.17) is 14.2 Å². The number of benzene rings is 2. The Hall–Kier alpha value is -9.46. The van der Waals surface area contributed by atoms with Gasteiger partial charge in [0, 0.05) is 71.3 Å². The molecular formula is C62H80N12O19. The standard InChI is InChI=1S/C62H80N12O19/c1-33-15-17-38-34(23-33)25-44(76)51(66-38)45(77)27-36-31-92-59(87)53(61(2,3)89)72(9)50(82)30-70(7)48(80)28-63-55(83)42-14-12-22-65-74(42)58(86)40(68-56(84)52-46(78)26-35-24-37(91-10)16-18-39(35)67-52)32-93-60(88)54(62(4,5)90)71(8)49(81)29-69(6)47(79)20-19-43(75)41-13-11-21-64-73(41)57(36)85/h15-18,23-26,36,40-42,53-54,64-65,76,78,89-90H,11-14,19-22,27-32H2,1-10H3,(H,63,83)(H,68,84)/t36-,40-,41+,42+,53-,54-/m1/s1. The van der Waals surface area contributed by atoms with E-state index in [0.717, 1.165) is 49.3 Å². The van der Waals surface area contributed by atoms with E-state index in [1.165, 1.54) is 67.1 Å². The van der Waals surface area contributed by atoms with Crippen LogP contribution in [0, 0.1) is 12.8 Å². The molecule has 4 aromatic rings. The Labute approximate surface area is 534 Å². The summed E-state index contributed by atoms with van der Waals surface area (Å²) in [5.74, 6) is -14.1. The van der Waals surface area contributed by atoms with Gasteiger partial charge < -0.3 is 64.9 Å². The molecule has 5 heterocycles. The molecule has 0 unspecified atom stereocenters. The number of ketones is 2. The first-order valence-corrected chi connectivity index (χ1v) is 30.0. The molecular weight excluding hydrogens is 1220 g/mol. The average Bonchev–Trinajstić information content (AvgIpc) is 0.830. The number of aromatic hydroxyl groups is 2. The summed E-state index contributed by atoms with van der Waals surface area (Å²) < 4.78 is 16.6. The number of amides is 8. The lowest BCUT2D eigenvalue weighted by Crippen LogP contribution is -2.64. The van der Waals surface area contributed by atoms with E-state index in [-0.39, 0.29) is 37.9 Å². The van der Waals surface area contributed by atoms with Crippen molar-refractivity contribution in [2.75, 3.05) is 81.2 Å². The van der Waals surface area contributed by atoms with Gasteiger partial charge >= 0.3 is 11.9 Å². The fraction of sp³-hybridized carbons (Fsp3) is 0.516. The van der Waals surface area contributed by atoms with Gasteiger partial charge in [-0.15, -0.1) is 0 Å². The predicted molar refractivity (Wildman–Crippen MR) is 328 cm³/mol. The number of hydrogen-bond acceptors (Lipinski definition) is 23. The normalized spacial score (nSPS) is 22.8. The molecule has 502 valence electrons. The summed E-state index contributed by atoms with van der Waals surface area (Å²) in [6.45, 7) is 2.57. The number of pyridine rings is 2. The molecule has 0 spiro atoms. The first-order chi connectivity index (χ1) is 43.7. The number of rotatable bonds is 8. The molecule has 3 fully saturated rings. The molecule has 0 radical (unpaired) electrons. The Morgan fingerprint density at radius 1 is 0.656 bits per heavy atom. The molecule has 0 saturated carbocycles. The molecule has 8 N–H and O–H groups in total. The number of nitrogens with one attached hydrogen (secondary N) is 4. The van der Waals surface area contributed by atoms with E-state index in [2.05, 4.69) is 31.5 Å². The van der Waals surface area contributed by atoms with Crippen LogP contribution in [0.5, 0.6) is 17.2 Å². The molecule has 6 atom stereocenters. The van der Waals surface area contributed by atoms with Crippen LogP contribution in [0.15, 0.2) is 48.5 Å². The monoisotopic (exact) mass is 1300 g/mol. The van der Waals surface area contributed by atoms with E-state index in [0.29, 0.717) is 28.5 Å². The van der Waals surface area contributed by atoms with Crippen LogP contribution < -0.4 is 26.2 Å². The number of nitrogens with zero attached hydrogens (tertiary/aromatic N) is 8. The summed E-state index contributed by atoms with van der Waals surface area (Å²) in [5, 5.41) is 52.5. The molecule has 3 aliphatic rings. The topological polar surface area (TPSA) is 407 Å². The van der Waals surface area contributed by atoms with Gasteiger partial charge in [-0.3, -0.25) is 58.0 Å². The van der Waals surface area contributed by atoms with E-state index in [9.17, 15) is 78.0 Å². The Kier molecular flexibility index (Phi) is 22.8. The van der Waals surface area contributed by atoms with Gasteiger partial charge in [-0.05, 0) is 103 Å². The number of hydrazine groups is 2. The van der Waals surface area contributed by atoms with Gasteiger partial charge in [0.05, 0.1) is 54.9 Å². The number of Topliss-reactive ketones (excluding diaryl/α,β-unsaturated/α-hetero) is 2. The van der Waals surface area contributed by atoms with E-state index >= 15 is 0 Å².